The zero-order chi connectivity index (χ0) is 22.1. The Morgan fingerprint density at radius 1 is 1.07 bits per heavy atom. The monoisotopic (exact) mass is 414 g/mol. The smallest absolute Gasteiger partial charge is 0.337 e. The number of rotatable bonds is 10. The zero-order valence-electron chi connectivity index (χ0n) is 17.4. The molecule has 0 aliphatic heterocycles. The van der Waals surface area contributed by atoms with Gasteiger partial charge < -0.3 is 14.8 Å². The molecule has 0 fully saturated rings. The van der Waals surface area contributed by atoms with Gasteiger partial charge >= 0.3 is 5.97 Å². The molecule has 0 atom stereocenters. The summed E-state index contributed by atoms with van der Waals surface area (Å²) in [6.45, 7) is 3.74. The normalized spacial score (nSPS) is 10.5. The molecule has 0 unspecified atom stereocenters. The molecule has 8 heteroatoms. The van der Waals surface area contributed by atoms with Crippen molar-refractivity contribution in [2.24, 2.45) is 0 Å². The zero-order valence-corrected chi connectivity index (χ0v) is 17.4. The first-order valence-electron chi connectivity index (χ1n) is 9.80. The highest BCUT2D eigenvalue weighted by molar-refractivity contribution is 6.07. The lowest BCUT2D eigenvalue weighted by Crippen LogP contribution is -2.19. The molecule has 0 heterocycles. The number of ether oxygens (including phenoxy) is 2. The molecule has 2 aromatic carbocycles. The van der Waals surface area contributed by atoms with Crippen LogP contribution < -0.4 is 10.1 Å². The summed E-state index contributed by atoms with van der Waals surface area (Å²) < 4.78 is 10.1. The standard InChI is InChI=1S/C22H26N2O6/c1-4-6-15-8-11-20(30-21(25)14-29-3)18(12-15)22(26)23-19-10-9-17(24(27)28)13-16(19)7-5-2/h8-13H,4-7,14H2,1-3H3,(H,23,26). The van der Waals surface area contributed by atoms with E-state index in [9.17, 15) is 19.7 Å². The van der Waals surface area contributed by atoms with Gasteiger partial charge in [0.25, 0.3) is 11.6 Å². The van der Waals surface area contributed by atoms with E-state index in [0.717, 1.165) is 24.8 Å². The third-order valence-electron chi connectivity index (χ3n) is 4.38. The van der Waals surface area contributed by atoms with Crippen LogP contribution in [0.3, 0.4) is 0 Å². The van der Waals surface area contributed by atoms with Gasteiger partial charge in [-0.1, -0.05) is 32.8 Å². The van der Waals surface area contributed by atoms with Crippen molar-refractivity contribution in [3.05, 3.63) is 63.2 Å². The number of benzene rings is 2. The molecule has 0 aromatic heterocycles. The van der Waals surface area contributed by atoms with Crippen molar-refractivity contribution in [2.45, 2.75) is 39.5 Å². The molecule has 2 rings (SSSR count). The predicted octanol–water partition coefficient (Wildman–Crippen LogP) is 4.30. The van der Waals surface area contributed by atoms with E-state index in [-0.39, 0.29) is 23.6 Å². The molecule has 0 aliphatic carbocycles. The van der Waals surface area contributed by atoms with Crippen molar-refractivity contribution >= 4 is 23.3 Å². The summed E-state index contributed by atoms with van der Waals surface area (Å²) in [6, 6.07) is 9.43. The van der Waals surface area contributed by atoms with Crippen LogP contribution in [0.5, 0.6) is 5.75 Å². The van der Waals surface area contributed by atoms with E-state index in [1.54, 1.807) is 12.1 Å². The van der Waals surface area contributed by atoms with Gasteiger partial charge in [0.15, 0.2) is 0 Å². The number of nitro groups is 1. The van der Waals surface area contributed by atoms with Crippen molar-refractivity contribution in [3.8, 4) is 5.75 Å². The van der Waals surface area contributed by atoms with E-state index in [2.05, 4.69) is 5.32 Å². The highest BCUT2D eigenvalue weighted by Crippen LogP contribution is 2.27. The molecule has 160 valence electrons. The molecular weight excluding hydrogens is 388 g/mol. The van der Waals surface area contributed by atoms with Crippen LogP contribution in [0.15, 0.2) is 36.4 Å². The SMILES string of the molecule is CCCc1ccc(OC(=O)COC)c(C(=O)Nc2ccc([N+](=O)[O-])cc2CCC)c1. The van der Waals surface area contributed by atoms with Crippen molar-refractivity contribution in [3.63, 3.8) is 0 Å². The number of non-ortho nitro benzene ring substituents is 1. The van der Waals surface area contributed by atoms with Gasteiger partial charge in [-0.15, -0.1) is 0 Å². The average molecular weight is 414 g/mol. The Bertz CT molecular complexity index is 926. The van der Waals surface area contributed by atoms with Crippen LogP contribution in [-0.4, -0.2) is 30.5 Å². The van der Waals surface area contributed by atoms with Gasteiger partial charge in [0.2, 0.25) is 0 Å². The predicted molar refractivity (Wildman–Crippen MR) is 113 cm³/mol. The van der Waals surface area contributed by atoms with Gasteiger partial charge in [-0.25, -0.2) is 4.79 Å². The van der Waals surface area contributed by atoms with Gasteiger partial charge in [-0.3, -0.25) is 14.9 Å². The van der Waals surface area contributed by atoms with E-state index in [4.69, 9.17) is 9.47 Å². The molecule has 1 amide bonds. The Kier molecular flexibility index (Phi) is 8.49. The second-order valence-corrected chi connectivity index (χ2v) is 6.79. The summed E-state index contributed by atoms with van der Waals surface area (Å²) in [6.07, 6.45) is 3.00. The number of carbonyl (C=O) groups is 2. The van der Waals surface area contributed by atoms with Crippen molar-refractivity contribution in [2.75, 3.05) is 19.0 Å². The van der Waals surface area contributed by atoms with Crippen LogP contribution in [0.1, 0.15) is 48.2 Å². The van der Waals surface area contributed by atoms with Crippen LogP contribution in [0, 0.1) is 10.1 Å². The largest absolute Gasteiger partial charge is 0.424 e. The van der Waals surface area contributed by atoms with Crippen molar-refractivity contribution in [1.29, 1.82) is 0 Å². The number of anilines is 1. The van der Waals surface area contributed by atoms with Gasteiger partial charge in [0.05, 0.1) is 10.5 Å². The fourth-order valence-corrected chi connectivity index (χ4v) is 3.04. The minimum absolute atomic E-state index is 0.0319. The highest BCUT2D eigenvalue weighted by Gasteiger charge is 2.19. The number of aryl methyl sites for hydroxylation is 2. The van der Waals surface area contributed by atoms with Crippen molar-refractivity contribution in [1.82, 2.24) is 0 Å². The number of carbonyl (C=O) groups excluding carboxylic acids is 2. The number of esters is 1. The number of hydrogen-bond acceptors (Lipinski definition) is 6. The second-order valence-electron chi connectivity index (χ2n) is 6.79. The topological polar surface area (TPSA) is 108 Å². The molecular formula is C22H26N2O6. The molecule has 8 nitrogen and oxygen atoms in total. The number of methoxy groups -OCH3 is 1. The van der Waals surface area contributed by atoms with Crippen LogP contribution >= 0.6 is 0 Å². The molecule has 0 aliphatic rings. The van der Waals surface area contributed by atoms with Crippen LogP contribution in [0.25, 0.3) is 0 Å². The first-order chi connectivity index (χ1) is 14.4. The Morgan fingerprint density at radius 3 is 2.43 bits per heavy atom. The maximum atomic E-state index is 13.0. The van der Waals surface area contributed by atoms with E-state index >= 15 is 0 Å². The number of amides is 1. The third-order valence-corrected chi connectivity index (χ3v) is 4.38. The molecule has 0 saturated carbocycles. The molecule has 0 spiro atoms. The molecule has 30 heavy (non-hydrogen) atoms. The van der Waals surface area contributed by atoms with E-state index in [0.29, 0.717) is 17.7 Å². The highest BCUT2D eigenvalue weighted by atomic mass is 16.6. The summed E-state index contributed by atoms with van der Waals surface area (Å²) in [4.78, 5) is 35.5. The number of nitrogens with zero attached hydrogens (tertiary/aromatic N) is 1. The number of nitro benzene ring substituents is 1. The maximum Gasteiger partial charge on any atom is 0.337 e. The lowest BCUT2D eigenvalue weighted by atomic mass is 10.0. The Labute approximate surface area is 175 Å². The first kappa shape index (κ1) is 23.0. The lowest BCUT2D eigenvalue weighted by Gasteiger charge is -2.14. The minimum Gasteiger partial charge on any atom is -0.424 e. The second kappa shape index (κ2) is 11.1. The summed E-state index contributed by atoms with van der Waals surface area (Å²) in [5.74, 6) is -0.940. The Morgan fingerprint density at radius 2 is 1.80 bits per heavy atom. The lowest BCUT2D eigenvalue weighted by molar-refractivity contribution is -0.384. The molecule has 0 bridgehead atoms. The van der Waals surface area contributed by atoms with E-state index < -0.39 is 16.8 Å². The summed E-state index contributed by atoms with van der Waals surface area (Å²) in [5, 5.41) is 13.9. The summed E-state index contributed by atoms with van der Waals surface area (Å²) in [7, 11) is 1.38. The van der Waals surface area contributed by atoms with E-state index in [1.165, 1.54) is 25.3 Å². The quantitative estimate of drug-likeness (QED) is 0.269. The van der Waals surface area contributed by atoms with Crippen molar-refractivity contribution < 1.29 is 24.0 Å². The van der Waals surface area contributed by atoms with Crippen LogP contribution in [0.4, 0.5) is 11.4 Å². The van der Waals surface area contributed by atoms with Crippen LogP contribution in [0.2, 0.25) is 0 Å². The van der Waals surface area contributed by atoms with Crippen LogP contribution in [-0.2, 0) is 22.4 Å². The average Bonchev–Trinajstić information content (AvgIpc) is 2.70. The number of nitrogens with one attached hydrogen (secondary N) is 1. The van der Waals surface area contributed by atoms with Gasteiger partial charge in [-0.2, -0.15) is 0 Å². The fourth-order valence-electron chi connectivity index (χ4n) is 3.04. The third kappa shape index (κ3) is 6.12. The fraction of sp³-hybridized carbons (Fsp3) is 0.364. The van der Waals surface area contributed by atoms with Gasteiger partial charge in [-0.05, 0) is 42.2 Å². The molecule has 0 saturated heterocycles. The van der Waals surface area contributed by atoms with E-state index in [1.807, 2.05) is 19.9 Å². The summed E-state index contributed by atoms with van der Waals surface area (Å²) in [5.41, 5.74) is 2.28. The van der Waals surface area contributed by atoms with Gasteiger partial charge in [0.1, 0.15) is 12.4 Å². The van der Waals surface area contributed by atoms with Gasteiger partial charge in [0, 0.05) is 24.9 Å². The minimum atomic E-state index is -0.614. The first-order valence-corrected chi connectivity index (χ1v) is 9.80. The Hall–Kier alpha value is -3.26. The maximum absolute atomic E-state index is 13.0. The molecule has 0 radical (unpaired) electrons. The molecule has 2 aromatic rings. The Balaban J connectivity index is 2.37. The molecule has 1 N–H and O–H groups in total. The summed E-state index contributed by atoms with van der Waals surface area (Å²) >= 11 is 0. The number of hydrogen-bond donors (Lipinski definition) is 1.